The molecule has 1 atom stereocenters. The van der Waals surface area contributed by atoms with Gasteiger partial charge in [-0.1, -0.05) is 25.1 Å². The Hall–Kier alpha value is -4.46. The van der Waals surface area contributed by atoms with Crippen LogP contribution in [-0.2, 0) is 6.42 Å². The molecule has 8 heteroatoms. The Labute approximate surface area is 228 Å². The Balaban J connectivity index is 1.50. The highest BCUT2D eigenvalue weighted by Gasteiger charge is 2.42. The summed E-state index contributed by atoms with van der Waals surface area (Å²) in [4.78, 5) is 15.7. The van der Waals surface area contributed by atoms with Crippen molar-refractivity contribution in [1.29, 1.82) is 0 Å². The third-order valence-electron chi connectivity index (χ3n) is 6.99. The maximum atomic E-state index is 13.7. The van der Waals surface area contributed by atoms with Gasteiger partial charge >= 0.3 is 0 Å². The van der Waals surface area contributed by atoms with Gasteiger partial charge < -0.3 is 23.8 Å². The Morgan fingerprint density at radius 1 is 0.872 bits per heavy atom. The molecule has 5 rings (SSSR count). The van der Waals surface area contributed by atoms with E-state index in [-0.39, 0.29) is 11.9 Å². The molecule has 0 radical (unpaired) electrons. The highest BCUT2D eigenvalue weighted by molar-refractivity contribution is 6.00. The SMILES string of the molecule is CCCOc1ccc(C2c3c(-c4ccc(OC)cc4)n[nH]c3C(=O)N2CCc2ccc(OC)c(OC)c2)cc1. The number of hydrogen-bond acceptors (Lipinski definition) is 6. The molecule has 3 aromatic carbocycles. The second kappa shape index (κ2) is 11.5. The molecule has 1 aliphatic rings. The van der Waals surface area contributed by atoms with E-state index in [9.17, 15) is 4.79 Å². The minimum atomic E-state index is -0.302. The van der Waals surface area contributed by atoms with E-state index in [1.165, 1.54) is 0 Å². The number of aromatic amines is 1. The van der Waals surface area contributed by atoms with Crippen LogP contribution in [0, 0.1) is 0 Å². The number of carbonyl (C=O) groups is 1. The fourth-order valence-electron chi connectivity index (χ4n) is 4.99. The van der Waals surface area contributed by atoms with Crippen LogP contribution in [0.3, 0.4) is 0 Å². The molecule has 0 spiro atoms. The number of aromatic nitrogens is 2. The number of hydrogen-bond donors (Lipinski definition) is 1. The second-order valence-electron chi connectivity index (χ2n) is 9.35. The van der Waals surface area contributed by atoms with E-state index in [0.29, 0.717) is 36.8 Å². The normalized spacial score (nSPS) is 14.3. The number of nitrogens with zero attached hydrogens (tertiary/aromatic N) is 2. The highest BCUT2D eigenvalue weighted by Crippen LogP contribution is 2.43. The molecule has 39 heavy (non-hydrogen) atoms. The maximum absolute atomic E-state index is 13.7. The number of benzene rings is 3. The molecule has 2 heterocycles. The first-order valence-electron chi connectivity index (χ1n) is 13.0. The molecule has 0 bridgehead atoms. The van der Waals surface area contributed by atoms with E-state index in [4.69, 9.17) is 18.9 Å². The van der Waals surface area contributed by atoms with Crippen LogP contribution in [0.15, 0.2) is 66.7 Å². The zero-order valence-electron chi connectivity index (χ0n) is 22.7. The number of ether oxygens (including phenoxy) is 4. The summed E-state index contributed by atoms with van der Waals surface area (Å²) < 4.78 is 22.0. The van der Waals surface area contributed by atoms with Gasteiger partial charge in [-0.05, 0) is 72.5 Å². The van der Waals surface area contributed by atoms with Gasteiger partial charge in [0, 0.05) is 17.7 Å². The van der Waals surface area contributed by atoms with Crippen molar-refractivity contribution in [2.75, 3.05) is 34.5 Å². The molecule has 1 aliphatic heterocycles. The van der Waals surface area contributed by atoms with Gasteiger partial charge in [-0.3, -0.25) is 9.89 Å². The Morgan fingerprint density at radius 3 is 2.26 bits per heavy atom. The predicted molar refractivity (Wildman–Crippen MR) is 149 cm³/mol. The minimum Gasteiger partial charge on any atom is -0.497 e. The van der Waals surface area contributed by atoms with E-state index in [1.54, 1.807) is 21.3 Å². The topological polar surface area (TPSA) is 85.9 Å². The van der Waals surface area contributed by atoms with Crippen LogP contribution in [0.5, 0.6) is 23.0 Å². The van der Waals surface area contributed by atoms with Crippen molar-refractivity contribution in [3.63, 3.8) is 0 Å². The van der Waals surface area contributed by atoms with Crippen LogP contribution in [0.25, 0.3) is 11.3 Å². The van der Waals surface area contributed by atoms with Gasteiger partial charge in [0.1, 0.15) is 17.2 Å². The highest BCUT2D eigenvalue weighted by atomic mass is 16.5. The number of carbonyl (C=O) groups excluding carboxylic acids is 1. The molecule has 1 unspecified atom stereocenters. The summed E-state index contributed by atoms with van der Waals surface area (Å²) in [5.74, 6) is 2.83. The summed E-state index contributed by atoms with van der Waals surface area (Å²) in [6, 6.07) is 21.3. The third-order valence-corrected chi connectivity index (χ3v) is 6.99. The van der Waals surface area contributed by atoms with E-state index >= 15 is 0 Å². The molecular weight excluding hydrogens is 494 g/mol. The molecule has 202 valence electrons. The van der Waals surface area contributed by atoms with Gasteiger partial charge in [0.15, 0.2) is 11.5 Å². The van der Waals surface area contributed by atoms with Crippen molar-refractivity contribution >= 4 is 5.91 Å². The van der Waals surface area contributed by atoms with Crippen molar-refractivity contribution in [3.8, 4) is 34.3 Å². The standard InChI is InChI=1S/C31H33N3O5/c1-5-18-39-24-13-9-22(10-14-24)30-27-28(21-7-11-23(36-2)12-8-21)32-33-29(27)31(35)34(30)17-16-20-6-15-25(37-3)26(19-20)38-4/h6-15,19,30H,5,16-18H2,1-4H3,(H,32,33). The molecule has 1 amide bonds. The third kappa shape index (κ3) is 5.14. The van der Waals surface area contributed by atoms with E-state index < -0.39 is 0 Å². The van der Waals surface area contributed by atoms with Crippen molar-refractivity contribution < 1.29 is 23.7 Å². The lowest BCUT2D eigenvalue weighted by Gasteiger charge is -2.27. The average Bonchev–Trinajstić information content (AvgIpc) is 3.53. The van der Waals surface area contributed by atoms with Crippen molar-refractivity contribution in [2.24, 2.45) is 0 Å². The lowest BCUT2D eigenvalue weighted by Crippen LogP contribution is -2.31. The van der Waals surface area contributed by atoms with Gasteiger partial charge in [0.2, 0.25) is 0 Å². The average molecular weight is 528 g/mol. The lowest BCUT2D eigenvalue weighted by atomic mass is 9.95. The summed E-state index contributed by atoms with van der Waals surface area (Å²) in [5, 5.41) is 7.60. The lowest BCUT2D eigenvalue weighted by molar-refractivity contribution is 0.0746. The van der Waals surface area contributed by atoms with Crippen LogP contribution < -0.4 is 18.9 Å². The van der Waals surface area contributed by atoms with Crippen molar-refractivity contribution in [3.05, 3.63) is 89.1 Å². The predicted octanol–water partition coefficient (Wildman–Crippen LogP) is 5.68. The first-order valence-corrected chi connectivity index (χ1v) is 13.0. The second-order valence-corrected chi connectivity index (χ2v) is 9.35. The van der Waals surface area contributed by atoms with E-state index in [0.717, 1.165) is 45.9 Å². The number of methoxy groups -OCH3 is 3. The van der Waals surface area contributed by atoms with Crippen LogP contribution in [-0.4, -0.2) is 55.5 Å². The quantitative estimate of drug-likeness (QED) is 0.270. The summed E-state index contributed by atoms with van der Waals surface area (Å²) >= 11 is 0. The van der Waals surface area contributed by atoms with Crippen molar-refractivity contribution in [2.45, 2.75) is 25.8 Å². The number of nitrogens with one attached hydrogen (secondary N) is 1. The van der Waals surface area contributed by atoms with Gasteiger partial charge in [0.05, 0.1) is 39.7 Å². The number of amides is 1. The molecular formula is C31H33N3O5. The van der Waals surface area contributed by atoms with Crippen LogP contribution in [0.1, 0.15) is 46.6 Å². The fraction of sp³-hybridized carbons (Fsp3) is 0.290. The zero-order valence-corrected chi connectivity index (χ0v) is 22.7. The Bertz CT molecular complexity index is 1430. The largest absolute Gasteiger partial charge is 0.497 e. The number of rotatable bonds is 11. The van der Waals surface area contributed by atoms with Gasteiger partial charge in [-0.15, -0.1) is 0 Å². The van der Waals surface area contributed by atoms with Crippen LogP contribution >= 0.6 is 0 Å². The molecule has 0 fully saturated rings. The van der Waals surface area contributed by atoms with Crippen molar-refractivity contribution in [1.82, 2.24) is 15.1 Å². The molecule has 4 aromatic rings. The monoisotopic (exact) mass is 527 g/mol. The molecule has 8 nitrogen and oxygen atoms in total. The van der Waals surface area contributed by atoms with E-state index in [1.807, 2.05) is 71.6 Å². The molecule has 1 aromatic heterocycles. The molecule has 0 saturated carbocycles. The molecule has 1 N–H and O–H groups in total. The van der Waals surface area contributed by atoms with Gasteiger partial charge in [-0.25, -0.2) is 0 Å². The fourth-order valence-corrected chi connectivity index (χ4v) is 4.99. The minimum absolute atomic E-state index is 0.0750. The smallest absolute Gasteiger partial charge is 0.273 e. The van der Waals surface area contributed by atoms with Gasteiger partial charge in [0.25, 0.3) is 5.91 Å². The summed E-state index contributed by atoms with van der Waals surface area (Å²) in [7, 11) is 4.88. The molecule has 0 saturated heterocycles. The first-order chi connectivity index (χ1) is 19.1. The molecule has 0 aliphatic carbocycles. The summed E-state index contributed by atoms with van der Waals surface area (Å²) in [6.07, 6.45) is 1.59. The zero-order chi connectivity index (χ0) is 27.4. The van der Waals surface area contributed by atoms with Gasteiger partial charge in [-0.2, -0.15) is 5.10 Å². The summed E-state index contributed by atoms with van der Waals surface area (Å²) in [5.41, 5.74) is 5.10. The maximum Gasteiger partial charge on any atom is 0.273 e. The van der Waals surface area contributed by atoms with Crippen LogP contribution in [0.2, 0.25) is 0 Å². The number of fused-ring (bicyclic) bond motifs is 1. The number of H-pyrrole nitrogens is 1. The van der Waals surface area contributed by atoms with E-state index in [2.05, 4.69) is 17.1 Å². The summed E-state index contributed by atoms with van der Waals surface area (Å²) in [6.45, 7) is 3.25. The Morgan fingerprint density at radius 2 is 1.59 bits per heavy atom. The first kappa shape index (κ1) is 26.2. The Kier molecular flexibility index (Phi) is 7.72. The van der Waals surface area contributed by atoms with Crippen LogP contribution in [0.4, 0.5) is 0 Å².